The Morgan fingerprint density at radius 1 is 1.52 bits per heavy atom. The molecule has 3 aromatic heterocycles. The first-order chi connectivity index (χ1) is 10.1. The first kappa shape index (κ1) is 14.0. The smallest absolute Gasteiger partial charge is 0.326 e. The fourth-order valence-electron chi connectivity index (χ4n) is 2.13. The predicted octanol–water partition coefficient (Wildman–Crippen LogP) is 2.59. The summed E-state index contributed by atoms with van der Waals surface area (Å²) in [6.07, 6.45) is 3.02. The van der Waals surface area contributed by atoms with Crippen molar-refractivity contribution < 1.29 is 14.7 Å². The van der Waals surface area contributed by atoms with Gasteiger partial charge >= 0.3 is 5.97 Å². The number of thiazole rings is 1. The van der Waals surface area contributed by atoms with E-state index < -0.39 is 12.0 Å². The Morgan fingerprint density at radius 3 is 3.05 bits per heavy atom. The summed E-state index contributed by atoms with van der Waals surface area (Å²) in [5, 5.41) is 13.6. The van der Waals surface area contributed by atoms with Crippen LogP contribution in [0.3, 0.4) is 0 Å². The molecule has 0 aliphatic carbocycles. The molecule has 0 aliphatic rings. The molecule has 1 atom stereocenters. The van der Waals surface area contributed by atoms with Gasteiger partial charge in [0.1, 0.15) is 10.9 Å². The molecule has 0 aliphatic heterocycles. The highest BCUT2D eigenvalue weighted by Gasteiger charge is 2.21. The monoisotopic (exact) mass is 323 g/mol. The first-order valence-corrected chi connectivity index (χ1v) is 8.18. The third-order valence-electron chi connectivity index (χ3n) is 3.14. The highest BCUT2D eigenvalue weighted by atomic mass is 32.1. The molecule has 1 amide bonds. The molecular formula is C13H13N3O3S2. The first-order valence-electron chi connectivity index (χ1n) is 6.49. The van der Waals surface area contributed by atoms with Crippen LogP contribution in [0.5, 0.6) is 0 Å². The van der Waals surface area contributed by atoms with Gasteiger partial charge in [-0.15, -0.1) is 22.7 Å². The maximum Gasteiger partial charge on any atom is 0.326 e. The number of imidazole rings is 1. The number of nitrogens with zero attached hydrogens (tertiary/aromatic N) is 2. The van der Waals surface area contributed by atoms with Gasteiger partial charge in [0.25, 0.3) is 5.91 Å². The van der Waals surface area contributed by atoms with Gasteiger partial charge in [-0.25, -0.2) is 9.78 Å². The van der Waals surface area contributed by atoms with E-state index in [9.17, 15) is 9.59 Å². The normalized spacial score (nSPS) is 12.8. The predicted molar refractivity (Wildman–Crippen MR) is 82.3 cm³/mol. The Bertz CT molecular complexity index is 817. The number of aliphatic carboxylic acids is 1. The zero-order chi connectivity index (χ0) is 15.0. The van der Waals surface area contributed by atoms with Crippen molar-refractivity contribution in [2.45, 2.75) is 25.8 Å². The summed E-state index contributed by atoms with van der Waals surface area (Å²) in [5.41, 5.74) is 0.878. The molecule has 110 valence electrons. The van der Waals surface area contributed by atoms with Crippen molar-refractivity contribution in [3.8, 4) is 0 Å². The third-order valence-corrected chi connectivity index (χ3v) is 4.92. The molecule has 0 radical (unpaired) electrons. The third kappa shape index (κ3) is 2.52. The van der Waals surface area contributed by atoms with Crippen LogP contribution in [0.15, 0.2) is 17.6 Å². The van der Waals surface area contributed by atoms with E-state index in [2.05, 4.69) is 10.3 Å². The average molecular weight is 323 g/mol. The van der Waals surface area contributed by atoms with Gasteiger partial charge in [0.15, 0.2) is 4.96 Å². The SMILES string of the molecule is CCC[C@H](NC(=O)c1cc2c(nc3sccn32)s1)C(=O)O. The van der Waals surface area contributed by atoms with E-state index in [0.717, 1.165) is 15.3 Å². The number of thiophene rings is 1. The summed E-state index contributed by atoms with van der Waals surface area (Å²) in [4.78, 5) is 29.9. The lowest BCUT2D eigenvalue weighted by atomic mass is 10.1. The van der Waals surface area contributed by atoms with Crippen LogP contribution in [0.4, 0.5) is 0 Å². The summed E-state index contributed by atoms with van der Waals surface area (Å²) in [6.45, 7) is 1.88. The van der Waals surface area contributed by atoms with Crippen LogP contribution in [-0.2, 0) is 4.79 Å². The Balaban J connectivity index is 1.86. The van der Waals surface area contributed by atoms with E-state index in [0.29, 0.717) is 17.7 Å². The lowest BCUT2D eigenvalue weighted by molar-refractivity contribution is -0.139. The Hall–Kier alpha value is -1.93. The number of hydrogen-bond acceptors (Lipinski definition) is 5. The Labute approximate surface area is 128 Å². The maximum absolute atomic E-state index is 12.2. The minimum atomic E-state index is -1.01. The molecule has 0 bridgehead atoms. The topological polar surface area (TPSA) is 83.7 Å². The van der Waals surface area contributed by atoms with Crippen molar-refractivity contribution >= 4 is 49.9 Å². The highest BCUT2D eigenvalue weighted by Crippen LogP contribution is 2.28. The Kier molecular flexibility index (Phi) is 3.64. The zero-order valence-electron chi connectivity index (χ0n) is 11.2. The van der Waals surface area contributed by atoms with Gasteiger partial charge in [0.05, 0.1) is 10.4 Å². The number of fused-ring (bicyclic) bond motifs is 3. The molecule has 3 aromatic rings. The van der Waals surface area contributed by atoms with Gasteiger partial charge in [-0.3, -0.25) is 9.20 Å². The zero-order valence-corrected chi connectivity index (χ0v) is 12.8. The molecule has 3 heterocycles. The number of rotatable bonds is 5. The summed E-state index contributed by atoms with van der Waals surface area (Å²) < 4.78 is 1.92. The number of carbonyl (C=O) groups excluding carboxylic acids is 1. The lowest BCUT2D eigenvalue weighted by Gasteiger charge is -2.12. The van der Waals surface area contributed by atoms with Crippen molar-refractivity contribution in [1.82, 2.24) is 14.7 Å². The van der Waals surface area contributed by atoms with Crippen LogP contribution in [0.2, 0.25) is 0 Å². The van der Waals surface area contributed by atoms with E-state index in [1.54, 1.807) is 6.07 Å². The molecule has 6 nitrogen and oxygen atoms in total. The number of carboxylic acid groups (broad SMARTS) is 1. The van der Waals surface area contributed by atoms with Gasteiger partial charge in [-0.05, 0) is 12.5 Å². The standard InChI is InChI=1S/C13H13N3O3S2/c1-2-3-7(12(18)19)14-10(17)9-6-8-11(21-9)15-13-16(8)4-5-20-13/h4-7H,2-3H2,1H3,(H,14,17)(H,18,19)/t7-/m0/s1. The van der Waals surface area contributed by atoms with Crippen molar-refractivity contribution in [2.24, 2.45) is 0 Å². The van der Waals surface area contributed by atoms with Crippen LogP contribution in [0.1, 0.15) is 29.4 Å². The number of carbonyl (C=O) groups is 2. The second kappa shape index (κ2) is 5.45. The van der Waals surface area contributed by atoms with Crippen molar-refractivity contribution in [3.63, 3.8) is 0 Å². The fraction of sp³-hybridized carbons (Fsp3) is 0.308. The van der Waals surface area contributed by atoms with Gasteiger partial charge in [-0.1, -0.05) is 13.3 Å². The van der Waals surface area contributed by atoms with E-state index in [-0.39, 0.29) is 5.91 Å². The molecular weight excluding hydrogens is 310 g/mol. The molecule has 8 heteroatoms. The quantitative estimate of drug-likeness (QED) is 0.756. The van der Waals surface area contributed by atoms with Gasteiger partial charge < -0.3 is 10.4 Å². The van der Waals surface area contributed by atoms with Crippen molar-refractivity contribution in [2.75, 3.05) is 0 Å². The highest BCUT2D eigenvalue weighted by molar-refractivity contribution is 7.21. The van der Waals surface area contributed by atoms with E-state index in [4.69, 9.17) is 5.11 Å². The second-order valence-corrected chi connectivity index (χ2v) is 6.53. The van der Waals surface area contributed by atoms with Crippen molar-refractivity contribution in [1.29, 1.82) is 0 Å². The van der Waals surface area contributed by atoms with Crippen LogP contribution in [0, 0.1) is 0 Å². The molecule has 0 spiro atoms. The molecule has 21 heavy (non-hydrogen) atoms. The molecule has 2 N–H and O–H groups in total. The molecule has 3 rings (SSSR count). The van der Waals surface area contributed by atoms with E-state index >= 15 is 0 Å². The lowest BCUT2D eigenvalue weighted by Crippen LogP contribution is -2.40. The maximum atomic E-state index is 12.2. The summed E-state index contributed by atoms with van der Waals surface area (Å²) in [5.74, 6) is -1.36. The summed E-state index contributed by atoms with van der Waals surface area (Å²) >= 11 is 2.81. The number of aromatic nitrogens is 2. The average Bonchev–Trinajstić information content (AvgIpc) is 3.08. The minimum absolute atomic E-state index is 0.358. The molecule has 0 aromatic carbocycles. The fourth-order valence-corrected chi connectivity index (χ4v) is 3.84. The van der Waals surface area contributed by atoms with Crippen LogP contribution < -0.4 is 5.32 Å². The number of carboxylic acids is 1. The van der Waals surface area contributed by atoms with Crippen LogP contribution in [-0.4, -0.2) is 32.4 Å². The molecule has 0 saturated carbocycles. The summed E-state index contributed by atoms with van der Waals surface area (Å²) in [7, 11) is 0. The number of nitrogens with one attached hydrogen (secondary N) is 1. The van der Waals surface area contributed by atoms with Crippen LogP contribution in [0.25, 0.3) is 15.3 Å². The minimum Gasteiger partial charge on any atom is -0.480 e. The van der Waals surface area contributed by atoms with Gasteiger partial charge in [0.2, 0.25) is 0 Å². The van der Waals surface area contributed by atoms with Gasteiger partial charge in [-0.2, -0.15) is 0 Å². The van der Waals surface area contributed by atoms with Gasteiger partial charge in [0, 0.05) is 11.6 Å². The Morgan fingerprint density at radius 2 is 2.33 bits per heavy atom. The molecule has 0 fully saturated rings. The van der Waals surface area contributed by atoms with Crippen LogP contribution >= 0.6 is 22.7 Å². The van der Waals surface area contributed by atoms with Crippen molar-refractivity contribution in [3.05, 3.63) is 22.5 Å². The van der Waals surface area contributed by atoms with E-state index in [1.165, 1.54) is 22.7 Å². The number of amides is 1. The summed E-state index contributed by atoms with van der Waals surface area (Å²) in [6, 6.07) is 0.910. The number of hydrogen-bond donors (Lipinski definition) is 2. The molecule has 0 saturated heterocycles. The second-order valence-electron chi connectivity index (χ2n) is 4.62. The van der Waals surface area contributed by atoms with E-state index in [1.807, 2.05) is 22.9 Å². The molecule has 0 unspecified atom stereocenters. The largest absolute Gasteiger partial charge is 0.480 e.